The smallest absolute Gasteiger partial charge is 0.260 e. The number of fused-ring (bicyclic) bond motifs is 1. The highest BCUT2D eigenvalue weighted by Gasteiger charge is 2.19. The van der Waals surface area contributed by atoms with Crippen LogP contribution in [0.2, 0.25) is 0 Å². The highest BCUT2D eigenvalue weighted by atomic mass is 16.5. The van der Waals surface area contributed by atoms with Gasteiger partial charge < -0.3 is 24.1 Å². The summed E-state index contributed by atoms with van der Waals surface area (Å²) in [4.78, 5) is 27.8. The number of benzene rings is 1. The van der Waals surface area contributed by atoms with Crippen LogP contribution in [0, 0.1) is 6.92 Å². The summed E-state index contributed by atoms with van der Waals surface area (Å²) in [6, 6.07) is 7.76. The van der Waals surface area contributed by atoms with Crippen molar-refractivity contribution in [1.82, 2.24) is 9.13 Å². The Bertz CT molecular complexity index is 1090. The van der Waals surface area contributed by atoms with Crippen molar-refractivity contribution >= 4 is 28.2 Å². The highest BCUT2D eigenvalue weighted by Crippen LogP contribution is 2.23. The highest BCUT2D eigenvalue weighted by molar-refractivity contribution is 6.13. The molecule has 0 aliphatic carbocycles. The van der Waals surface area contributed by atoms with Crippen LogP contribution in [0.3, 0.4) is 0 Å². The maximum atomic E-state index is 12.9. The Kier molecular flexibility index (Phi) is 4.68. The van der Waals surface area contributed by atoms with Crippen molar-refractivity contribution in [2.75, 3.05) is 36.5 Å². The molecule has 0 radical (unpaired) electrons. The molecule has 0 saturated carbocycles. The summed E-state index contributed by atoms with van der Waals surface area (Å²) in [5, 5.41) is 3.37. The Hall–Kier alpha value is -3.06. The molecule has 1 amide bonds. The molecule has 1 fully saturated rings. The molecule has 1 aliphatic heterocycles. The zero-order valence-electron chi connectivity index (χ0n) is 16.4. The van der Waals surface area contributed by atoms with Crippen LogP contribution in [-0.4, -0.2) is 41.3 Å². The minimum atomic E-state index is -0.285. The van der Waals surface area contributed by atoms with E-state index in [4.69, 9.17) is 4.74 Å². The molecule has 7 nitrogen and oxygen atoms in total. The summed E-state index contributed by atoms with van der Waals surface area (Å²) in [6.07, 6.45) is 3.51. The predicted octanol–water partition coefficient (Wildman–Crippen LogP) is 2.27. The third-order valence-corrected chi connectivity index (χ3v) is 5.22. The topological polar surface area (TPSA) is 68.5 Å². The second-order valence-electron chi connectivity index (χ2n) is 7.21. The lowest BCUT2D eigenvalue weighted by atomic mass is 10.1. The number of ether oxygens (including phenoxy) is 1. The van der Waals surface area contributed by atoms with Gasteiger partial charge in [-0.2, -0.15) is 0 Å². The summed E-state index contributed by atoms with van der Waals surface area (Å²) < 4.78 is 8.74. The first-order chi connectivity index (χ1) is 13.5. The van der Waals surface area contributed by atoms with Gasteiger partial charge >= 0.3 is 0 Å². The van der Waals surface area contributed by atoms with Gasteiger partial charge in [-0.1, -0.05) is 0 Å². The molecule has 4 rings (SSSR count). The standard InChI is InChI=1S/C21H24N4O3/c1-14-12-24(3)21(27)18-17(13-23(2)19(14)18)20(26)22-15-4-6-16(7-5-15)25-8-10-28-11-9-25/h4-7,12-13H,8-11H2,1-3H3,(H,22,26). The lowest BCUT2D eigenvalue weighted by molar-refractivity contribution is 0.102. The number of aryl methyl sites for hydroxylation is 3. The van der Waals surface area contributed by atoms with Gasteiger partial charge in [0.1, 0.15) is 0 Å². The van der Waals surface area contributed by atoms with Gasteiger partial charge in [0.25, 0.3) is 11.5 Å². The number of carbonyl (C=O) groups is 1. The van der Waals surface area contributed by atoms with Crippen LogP contribution in [0.5, 0.6) is 0 Å². The van der Waals surface area contributed by atoms with E-state index in [1.807, 2.05) is 42.8 Å². The first-order valence-corrected chi connectivity index (χ1v) is 9.35. The molecule has 1 aromatic carbocycles. The molecule has 0 spiro atoms. The summed E-state index contributed by atoms with van der Waals surface area (Å²) in [6.45, 7) is 5.13. The number of nitrogens with zero attached hydrogens (tertiary/aromatic N) is 3. The number of morpholine rings is 1. The van der Waals surface area contributed by atoms with Gasteiger partial charge in [-0.3, -0.25) is 9.59 Å². The van der Waals surface area contributed by atoms with Crippen LogP contribution in [0.25, 0.3) is 10.9 Å². The first-order valence-electron chi connectivity index (χ1n) is 9.35. The maximum absolute atomic E-state index is 12.9. The van der Waals surface area contributed by atoms with Gasteiger partial charge in [-0.25, -0.2) is 0 Å². The Labute approximate surface area is 163 Å². The van der Waals surface area contributed by atoms with Crippen molar-refractivity contribution < 1.29 is 9.53 Å². The molecular weight excluding hydrogens is 356 g/mol. The Morgan fingerprint density at radius 1 is 1.04 bits per heavy atom. The second-order valence-corrected chi connectivity index (χ2v) is 7.21. The average Bonchev–Trinajstić information content (AvgIpc) is 3.05. The van der Waals surface area contributed by atoms with Gasteiger partial charge in [-0.05, 0) is 36.8 Å². The minimum absolute atomic E-state index is 0.172. The van der Waals surface area contributed by atoms with E-state index >= 15 is 0 Å². The Balaban J connectivity index is 1.61. The number of pyridine rings is 1. The van der Waals surface area contributed by atoms with Gasteiger partial charge in [0.15, 0.2) is 0 Å². The largest absolute Gasteiger partial charge is 0.378 e. The van der Waals surface area contributed by atoms with Gasteiger partial charge in [0.2, 0.25) is 0 Å². The average molecular weight is 380 g/mol. The third-order valence-electron chi connectivity index (χ3n) is 5.22. The molecule has 1 saturated heterocycles. The van der Waals surface area contributed by atoms with Crippen molar-refractivity contribution in [2.45, 2.75) is 6.92 Å². The molecule has 146 valence electrons. The lowest BCUT2D eigenvalue weighted by Gasteiger charge is -2.28. The van der Waals surface area contributed by atoms with Crippen molar-refractivity contribution in [3.63, 3.8) is 0 Å². The third kappa shape index (κ3) is 3.18. The van der Waals surface area contributed by atoms with Crippen LogP contribution in [-0.2, 0) is 18.8 Å². The fourth-order valence-corrected chi connectivity index (χ4v) is 3.85. The van der Waals surface area contributed by atoms with Crippen molar-refractivity contribution in [3.05, 3.63) is 58.1 Å². The van der Waals surface area contributed by atoms with E-state index in [0.717, 1.165) is 43.1 Å². The molecule has 1 N–H and O–H groups in total. The van der Waals surface area contributed by atoms with Crippen molar-refractivity contribution in [2.24, 2.45) is 14.1 Å². The second kappa shape index (κ2) is 7.16. The van der Waals surface area contributed by atoms with Crippen molar-refractivity contribution in [1.29, 1.82) is 0 Å². The Morgan fingerprint density at radius 2 is 1.71 bits per heavy atom. The quantitative estimate of drug-likeness (QED) is 0.757. The van der Waals surface area contributed by atoms with E-state index in [-0.39, 0.29) is 11.5 Å². The number of hydrogen-bond donors (Lipinski definition) is 1. The van der Waals surface area contributed by atoms with Crippen LogP contribution >= 0.6 is 0 Å². The van der Waals surface area contributed by atoms with Crippen molar-refractivity contribution in [3.8, 4) is 0 Å². The summed E-state index contributed by atoms with van der Waals surface area (Å²) in [5.41, 5.74) is 3.76. The van der Waals surface area contributed by atoms with E-state index in [0.29, 0.717) is 16.6 Å². The number of anilines is 2. The molecule has 0 unspecified atom stereocenters. The van der Waals surface area contributed by atoms with E-state index in [1.165, 1.54) is 4.57 Å². The van der Waals surface area contributed by atoms with Gasteiger partial charge in [-0.15, -0.1) is 0 Å². The van der Waals surface area contributed by atoms with E-state index in [1.54, 1.807) is 19.4 Å². The van der Waals surface area contributed by atoms with E-state index in [2.05, 4.69) is 10.2 Å². The SMILES string of the molecule is Cc1cn(C)c(=O)c2c(C(=O)Nc3ccc(N4CCOCC4)cc3)cn(C)c12. The van der Waals surface area contributed by atoms with Crippen LogP contribution in [0.4, 0.5) is 11.4 Å². The summed E-state index contributed by atoms with van der Waals surface area (Å²) >= 11 is 0. The maximum Gasteiger partial charge on any atom is 0.260 e. The first kappa shape index (κ1) is 18.3. The van der Waals surface area contributed by atoms with Crippen LogP contribution in [0.15, 0.2) is 41.5 Å². The normalized spacial score (nSPS) is 14.5. The molecule has 0 bridgehead atoms. The lowest BCUT2D eigenvalue weighted by Crippen LogP contribution is -2.36. The fourth-order valence-electron chi connectivity index (χ4n) is 3.85. The predicted molar refractivity (Wildman–Crippen MR) is 110 cm³/mol. The number of aromatic nitrogens is 2. The zero-order chi connectivity index (χ0) is 19.8. The minimum Gasteiger partial charge on any atom is -0.378 e. The number of carbonyl (C=O) groups excluding carboxylic acids is 1. The summed E-state index contributed by atoms with van der Waals surface area (Å²) in [7, 11) is 3.55. The van der Waals surface area contributed by atoms with E-state index < -0.39 is 0 Å². The number of hydrogen-bond acceptors (Lipinski definition) is 4. The monoisotopic (exact) mass is 380 g/mol. The zero-order valence-corrected chi connectivity index (χ0v) is 16.4. The van der Waals surface area contributed by atoms with E-state index in [9.17, 15) is 9.59 Å². The summed E-state index contributed by atoms with van der Waals surface area (Å²) in [5.74, 6) is -0.285. The molecule has 0 atom stereocenters. The van der Waals surface area contributed by atoms with Gasteiger partial charge in [0.05, 0.1) is 29.7 Å². The number of amides is 1. The molecule has 2 aromatic heterocycles. The number of rotatable bonds is 3. The molecule has 1 aliphatic rings. The fraction of sp³-hybridized carbons (Fsp3) is 0.333. The molecular formula is C21H24N4O3. The molecule has 3 heterocycles. The number of nitrogens with one attached hydrogen (secondary N) is 1. The van der Waals surface area contributed by atoms with Gasteiger partial charge in [0, 0.05) is 51.0 Å². The Morgan fingerprint density at radius 3 is 2.39 bits per heavy atom. The molecule has 28 heavy (non-hydrogen) atoms. The molecule has 3 aromatic rings. The van der Waals surface area contributed by atoms with Crippen LogP contribution in [0.1, 0.15) is 15.9 Å². The van der Waals surface area contributed by atoms with Crippen LogP contribution < -0.4 is 15.8 Å². The molecule has 7 heteroatoms.